The molecule has 1 aromatic heterocycles. The zero-order valence-electron chi connectivity index (χ0n) is 10.1. The number of aromatic nitrogens is 1. The second-order valence-electron chi connectivity index (χ2n) is 4.32. The van der Waals surface area contributed by atoms with Gasteiger partial charge >= 0.3 is 0 Å². The first-order valence-corrected chi connectivity index (χ1v) is 5.42. The molecule has 0 spiro atoms. The third-order valence-electron chi connectivity index (χ3n) is 2.55. The molecule has 0 unspecified atom stereocenters. The van der Waals surface area contributed by atoms with Crippen LogP contribution in [0.2, 0.25) is 0 Å². The van der Waals surface area contributed by atoms with Crippen LogP contribution in [-0.4, -0.2) is 28.9 Å². The zero-order chi connectivity index (χ0) is 12.1. The largest absolute Gasteiger partial charge is 0.340 e. The van der Waals surface area contributed by atoms with Gasteiger partial charge < -0.3 is 10.6 Å². The monoisotopic (exact) mass is 221 g/mol. The molecule has 1 amide bonds. The number of rotatable bonds is 4. The number of hydrogen-bond acceptors (Lipinski definition) is 3. The van der Waals surface area contributed by atoms with Crippen LogP contribution >= 0.6 is 0 Å². The molecular weight excluding hydrogens is 202 g/mol. The van der Waals surface area contributed by atoms with Gasteiger partial charge in [-0.1, -0.05) is 13.8 Å². The summed E-state index contributed by atoms with van der Waals surface area (Å²) in [5, 5.41) is 0. The van der Waals surface area contributed by atoms with Gasteiger partial charge in [0, 0.05) is 26.0 Å². The van der Waals surface area contributed by atoms with Crippen LogP contribution in [0.15, 0.2) is 24.5 Å². The van der Waals surface area contributed by atoms with Crippen LogP contribution in [0.25, 0.3) is 0 Å². The van der Waals surface area contributed by atoms with Crippen molar-refractivity contribution in [1.29, 1.82) is 0 Å². The Kier molecular flexibility index (Phi) is 4.43. The lowest BCUT2D eigenvalue weighted by Gasteiger charge is -2.23. The Morgan fingerprint density at radius 1 is 1.44 bits per heavy atom. The van der Waals surface area contributed by atoms with E-state index in [9.17, 15) is 4.79 Å². The molecule has 4 nitrogen and oxygen atoms in total. The number of carbonyl (C=O) groups excluding carboxylic acids is 1. The summed E-state index contributed by atoms with van der Waals surface area (Å²) in [5.74, 6) is 0.138. The molecule has 16 heavy (non-hydrogen) atoms. The highest BCUT2D eigenvalue weighted by atomic mass is 16.2. The highest BCUT2D eigenvalue weighted by Crippen LogP contribution is 2.06. The molecule has 1 aromatic rings. The summed E-state index contributed by atoms with van der Waals surface area (Å²) in [6.07, 6.45) is 3.44. The van der Waals surface area contributed by atoms with Crippen molar-refractivity contribution in [2.75, 3.05) is 7.05 Å². The van der Waals surface area contributed by atoms with E-state index in [0.29, 0.717) is 6.54 Å². The fourth-order valence-corrected chi connectivity index (χ4v) is 1.38. The van der Waals surface area contributed by atoms with Crippen LogP contribution in [0.1, 0.15) is 19.4 Å². The van der Waals surface area contributed by atoms with Gasteiger partial charge in [0.1, 0.15) is 0 Å². The second kappa shape index (κ2) is 5.61. The molecule has 1 atom stereocenters. The Morgan fingerprint density at radius 3 is 2.50 bits per heavy atom. The van der Waals surface area contributed by atoms with Gasteiger partial charge in [-0.05, 0) is 23.6 Å². The normalized spacial score (nSPS) is 12.6. The number of carbonyl (C=O) groups is 1. The summed E-state index contributed by atoms with van der Waals surface area (Å²) >= 11 is 0. The molecule has 1 heterocycles. The topological polar surface area (TPSA) is 59.2 Å². The lowest BCUT2D eigenvalue weighted by Crippen LogP contribution is -2.44. The quantitative estimate of drug-likeness (QED) is 0.826. The average molecular weight is 221 g/mol. The van der Waals surface area contributed by atoms with Gasteiger partial charge in [-0.3, -0.25) is 9.78 Å². The van der Waals surface area contributed by atoms with Crippen molar-refractivity contribution in [3.63, 3.8) is 0 Å². The van der Waals surface area contributed by atoms with Gasteiger partial charge in [-0.25, -0.2) is 0 Å². The summed E-state index contributed by atoms with van der Waals surface area (Å²) in [4.78, 5) is 17.5. The smallest absolute Gasteiger partial charge is 0.239 e. The summed E-state index contributed by atoms with van der Waals surface area (Å²) in [5.41, 5.74) is 6.87. The van der Waals surface area contributed by atoms with E-state index in [2.05, 4.69) is 4.98 Å². The number of likely N-dealkylation sites (N-methyl/N-ethyl adjacent to an activating group) is 1. The van der Waals surface area contributed by atoms with Crippen LogP contribution in [-0.2, 0) is 11.3 Å². The van der Waals surface area contributed by atoms with Gasteiger partial charge in [-0.15, -0.1) is 0 Å². The fraction of sp³-hybridized carbons (Fsp3) is 0.500. The Hall–Kier alpha value is -1.42. The van der Waals surface area contributed by atoms with Gasteiger partial charge in [0.25, 0.3) is 0 Å². The number of nitrogens with zero attached hydrogens (tertiary/aromatic N) is 2. The maximum atomic E-state index is 11.9. The number of amides is 1. The molecule has 1 rings (SSSR count). The van der Waals surface area contributed by atoms with Gasteiger partial charge in [-0.2, -0.15) is 0 Å². The van der Waals surface area contributed by atoms with Crippen molar-refractivity contribution >= 4 is 5.91 Å². The minimum absolute atomic E-state index is 0.0215. The number of nitrogens with two attached hydrogens (primary N) is 1. The minimum Gasteiger partial charge on any atom is -0.340 e. The highest BCUT2D eigenvalue weighted by Gasteiger charge is 2.20. The predicted molar refractivity (Wildman–Crippen MR) is 63.5 cm³/mol. The average Bonchev–Trinajstić information content (AvgIpc) is 2.28. The van der Waals surface area contributed by atoms with Crippen molar-refractivity contribution in [2.24, 2.45) is 11.7 Å². The van der Waals surface area contributed by atoms with E-state index in [-0.39, 0.29) is 11.8 Å². The van der Waals surface area contributed by atoms with Crippen molar-refractivity contribution in [1.82, 2.24) is 9.88 Å². The molecule has 0 saturated carbocycles. The van der Waals surface area contributed by atoms with Crippen molar-refractivity contribution < 1.29 is 4.79 Å². The summed E-state index contributed by atoms with van der Waals surface area (Å²) < 4.78 is 0. The Labute approximate surface area is 96.5 Å². The molecule has 0 saturated heterocycles. The Balaban J connectivity index is 2.59. The first-order chi connectivity index (χ1) is 7.52. The van der Waals surface area contributed by atoms with Crippen LogP contribution in [0.3, 0.4) is 0 Å². The maximum absolute atomic E-state index is 11.9. The van der Waals surface area contributed by atoms with E-state index in [1.807, 2.05) is 26.0 Å². The summed E-state index contributed by atoms with van der Waals surface area (Å²) in [6, 6.07) is 3.36. The van der Waals surface area contributed by atoms with E-state index in [4.69, 9.17) is 5.73 Å². The lowest BCUT2D eigenvalue weighted by atomic mass is 10.0. The molecule has 2 N–H and O–H groups in total. The Morgan fingerprint density at radius 2 is 2.00 bits per heavy atom. The van der Waals surface area contributed by atoms with E-state index < -0.39 is 6.04 Å². The molecule has 4 heteroatoms. The molecule has 0 aromatic carbocycles. The van der Waals surface area contributed by atoms with Gasteiger partial charge in [0.15, 0.2) is 0 Å². The maximum Gasteiger partial charge on any atom is 0.239 e. The molecule has 0 bridgehead atoms. The van der Waals surface area contributed by atoms with Crippen LogP contribution in [0, 0.1) is 5.92 Å². The molecule has 88 valence electrons. The summed E-state index contributed by atoms with van der Waals surface area (Å²) in [6.45, 7) is 4.47. The highest BCUT2D eigenvalue weighted by molar-refractivity contribution is 5.81. The molecule has 0 aliphatic rings. The van der Waals surface area contributed by atoms with Crippen molar-refractivity contribution in [3.8, 4) is 0 Å². The number of hydrogen-bond donors (Lipinski definition) is 1. The van der Waals surface area contributed by atoms with Crippen LogP contribution in [0.4, 0.5) is 0 Å². The zero-order valence-corrected chi connectivity index (χ0v) is 10.1. The van der Waals surface area contributed by atoms with Crippen LogP contribution < -0.4 is 5.73 Å². The third-order valence-corrected chi connectivity index (χ3v) is 2.55. The first kappa shape index (κ1) is 12.6. The third kappa shape index (κ3) is 3.31. The van der Waals surface area contributed by atoms with E-state index in [0.717, 1.165) is 5.56 Å². The standard InChI is InChI=1S/C12H19N3O/c1-9(2)11(13)12(16)15(3)8-10-4-6-14-7-5-10/h4-7,9,11H,8,13H2,1-3H3/t11-/m0/s1. The molecule has 0 aliphatic carbocycles. The molecular formula is C12H19N3O. The minimum atomic E-state index is -0.424. The van der Waals surface area contributed by atoms with Crippen molar-refractivity contribution in [3.05, 3.63) is 30.1 Å². The van der Waals surface area contributed by atoms with Gasteiger partial charge in [0.05, 0.1) is 6.04 Å². The van der Waals surface area contributed by atoms with Crippen LogP contribution in [0.5, 0.6) is 0 Å². The van der Waals surface area contributed by atoms with E-state index in [1.165, 1.54) is 0 Å². The number of pyridine rings is 1. The lowest BCUT2D eigenvalue weighted by molar-refractivity contribution is -0.132. The van der Waals surface area contributed by atoms with Crippen molar-refractivity contribution in [2.45, 2.75) is 26.4 Å². The Bertz CT molecular complexity index is 337. The molecule has 0 fully saturated rings. The van der Waals surface area contributed by atoms with E-state index >= 15 is 0 Å². The molecule has 0 radical (unpaired) electrons. The second-order valence-corrected chi connectivity index (χ2v) is 4.32. The van der Waals surface area contributed by atoms with Gasteiger partial charge in [0.2, 0.25) is 5.91 Å². The molecule has 0 aliphatic heterocycles. The predicted octanol–water partition coefficient (Wildman–Crippen LogP) is 1.02. The first-order valence-electron chi connectivity index (χ1n) is 5.42. The fourth-order valence-electron chi connectivity index (χ4n) is 1.38. The summed E-state index contributed by atoms with van der Waals surface area (Å²) in [7, 11) is 1.77. The SMILES string of the molecule is CC(C)[C@H](N)C(=O)N(C)Cc1ccncc1. The van der Waals surface area contributed by atoms with E-state index in [1.54, 1.807) is 24.3 Å².